The second kappa shape index (κ2) is 6.15. The Morgan fingerprint density at radius 2 is 2.00 bits per heavy atom. The lowest BCUT2D eigenvalue weighted by molar-refractivity contribution is -0.135. The number of benzene rings is 1. The largest absolute Gasteiger partial charge is 0.312 e. The Labute approximate surface area is 128 Å². The van der Waals surface area contributed by atoms with Crippen LogP contribution >= 0.6 is 23.2 Å². The summed E-state index contributed by atoms with van der Waals surface area (Å²) in [6, 6.07) is 5.10. The zero-order valence-electron chi connectivity index (χ0n) is 11.5. The monoisotopic (exact) mass is 313 g/mol. The van der Waals surface area contributed by atoms with Crippen LogP contribution in [0.2, 0.25) is 10.0 Å². The smallest absolute Gasteiger partial charge is 0.237 e. The molecule has 5 heteroatoms. The third-order valence-electron chi connectivity index (χ3n) is 3.57. The molecule has 2 rings (SSSR count). The van der Waals surface area contributed by atoms with Crippen LogP contribution in [0.25, 0.3) is 0 Å². The van der Waals surface area contributed by atoms with Crippen molar-refractivity contribution in [2.24, 2.45) is 11.8 Å². The quantitative estimate of drug-likeness (QED) is 0.792. The fourth-order valence-corrected chi connectivity index (χ4v) is 2.74. The predicted molar refractivity (Wildman–Crippen MR) is 81.4 cm³/mol. The molecule has 1 aromatic rings. The molecule has 3 nitrogen and oxygen atoms in total. The fourth-order valence-electron chi connectivity index (χ4n) is 2.45. The molecular formula is C15H17Cl2NO2. The molecule has 0 spiro atoms. The third kappa shape index (κ3) is 2.99. The van der Waals surface area contributed by atoms with Crippen LogP contribution in [-0.2, 0) is 9.59 Å². The van der Waals surface area contributed by atoms with Crippen LogP contribution in [0.3, 0.4) is 0 Å². The van der Waals surface area contributed by atoms with E-state index in [0.29, 0.717) is 28.7 Å². The Morgan fingerprint density at radius 3 is 2.60 bits per heavy atom. The fraction of sp³-hybridized carbons (Fsp3) is 0.467. The Balaban J connectivity index is 2.26. The number of anilines is 1. The van der Waals surface area contributed by atoms with Gasteiger partial charge < -0.3 is 4.90 Å². The molecule has 1 amide bonds. The summed E-state index contributed by atoms with van der Waals surface area (Å²) in [4.78, 5) is 26.2. The minimum Gasteiger partial charge on any atom is -0.312 e. The summed E-state index contributed by atoms with van der Waals surface area (Å²) < 4.78 is 0. The van der Waals surface area contributed by atoms with Crippen molar-refractivity contribution < 1.29 is 9.59 Å². The van der Waals surface area contributed by atoms with Gasteiger partial charge >= 0.3 is 0 Å². The van der Waals surface area contributed by atoms with Gasteiger partial charge in [0.1, 0.15) is 5.78 Å². The summed E-state index contributed by atoms with van der Waals surface area (Å²) in [5, 5.41) is 0.865. The van der Waals surface area contributed by atoms with Gasteiger partial charge in [0.25, 0.3) is 0 Å². The molecule has 1 aromatic carbocycles. The molecule has 0 saturated carbocycles. The molecule has 0 bridgehead atoms. The van der Waals surface area contributed by atoms with Gasteiger partial charge in [-0.2, -0.15) is 0 Å². The number of rotatable bonds is 3. The average Bonchev–Trinajstić information content (AvgIpc) is 2.41. The number of hydrogen-bond donors (Lipinski definition) is 0. The molecule has 20 heavy (non-hydrogen) atoms. The van der Waals surface area contributed by atoms with Gasteiger partial charge in [0.05, 0.1) is 16.0 Å². The molecule has 108 valence electrons. The van der Waals surface area contributed by atoms with E-state index in [0.717, 1.165) is 6.42 Å². The van der Waals surface area contributed by atoms with Crippen molar-refractivity contribution in [3.63, 3.8) is 0 Å². The lowest BCUT2D eigenvalue weighted by atomic mass is 9.87. The Bertz CT molecular complexity index is 543. The molecule has 0 radical (unpaired) electrons. The molecule has 1 aliphatic rings. The van der Waals surface area contributed by atoms with Crippen molar-refractivity contribution in [1.29, 1.82) is 0 Å². The van der Waals surface area contributed by atoms with Gasteiger partial charge in [-0.25, -0.2) is 0 Å². The third-order valence-corrected chi connectivity index (χ3v) is 4.31. The number of ketones is 1. The maximum absolute atomic E-state index is 12.5. The van der Waals surface area contributed by atoms with E-state index in [2.05, 4.69) is 0 Å². The van der Waals surface area contributed by atoms with Crippen molar-refractivity contribution in [3.8, 4) is 0 Å². The van der Waals surface area contributed by atoms with Crippen LogP contribution in [0.15, 0.2) is 18.2 Å². The summed E-state index contributed by atoms with van der Waals surface area (Å²) >= 11 is 11.9. The van der Waals surface area contributed by atoms with Crippen LogP contribution in [0.1, 0.15) is 26.7 Å². The second-order valence-electron chi connectivity index (χ2n) is 5.34. The first-order valence-corrected chi connectivity index (χ1v) is 7.47. The van der Waals surface area contributed by atoms with E-state index in [4.69, 9.17) is 23.2 Å². The number of piperidine rings is 1. The number of carbonyl (C=O) groups is 2. The highest BCUT2D eigenvalue weighted by Crippen LogP contribution is 2.31. The molecule has 0 aromatic heterocycles. The second-order valence-corrected chi connectivity index (χ2v) is 6.15. The highest BCUT2D eigenvalue weighted by atomic mass is 35.5. The van der Waals surface area contributed by atoms with Gasteiger partial charge in [0.2, 0.25) is 5.91 Å². The molecular weight excluding hydrogens is 297 g/mol. The number of Topliss-reactive ketones (excluding diaryl/α,β-unsaturated/α-hetero) is 1. The van der Waals surface area contributed by atoms with E-state index in [-0.39, 0.29) is 17.6 Å². The molecule has 0 N–H and O–H groups in total. The minimum absolute atomic E-state index is 0.0137. The first-order chi connectivity index (χ1) is 9.41. The molecule has 1 aliphatic heterocycles. The lowest BCUT2D eigenvalue weighted by Gasteiger charge is -2.32. The maximum Gasteiger partial charge on any atom is 0.237 e. The number of halogens is 2. The molecule has 1 heterocycles. The van der Waals surface area contributed by atoms with E-state index in [1.807, 2.05) is 13.8 Å². The van der Waals surface area contributed by atoms with Crippen LogP contribution in [0.5, 0.6) is 0 Å². The molecule has 1 fully saturated rings. The van der Waals surface area contributed by atoms with Gasteiger partial charge in [-0.05, 0) is 31.0 Å². The van der Waals surface area contributed by atoms with Crippen LogP contribution in [0.4, 0.5) is 5.69 Å². The SMILES string of the molecule is CC(C)C(=O)[C@H]1CCCN(c2ccc(Cl)c(Cl)c2)C1=O. The summed E-state index contributed by atoms with van der Waals surface area (Å²) in [5.74, 6) is -0.774. The Morgan fingerprint density at radius 1 is 1.30 bits per heavy atom. The molecule has 0 aliphatic carbocycles. The molecule has 1 saturated heterocycles. The summed E-state index contributed by atoms with van der Waals surface area (Å²) in [6.45, 7) is 4.26. The highest BCUT2D eigenvalue weighted by Gasteiger charge is 2.35. The van der Waals surface area contributed by atoms with Gasteiger partial charge in [-0.1, -0.05) is 37.0 Å². The van der Waals surface area contributed by atoms with Crippen molar-refractivity contribution in [3.05, 3.63) is 28.2 Å². The van der Waals surface area contributed by atoms with Gasteiger partial charge in [-0.15, -0.1) is 0 Å². The van der Waals surface area contributed by atoms with Gasteiger partial charge in [0.15, 0.2) is 0 Å². The van der Waals surface area contributed by atoms with E-state index >= 15 is 0 Å². The van der Waals surface area contributed by atoms with Gasteiger partial charge in [0, 0.05) is 18.2 Å². The standard InChI is InChI=1S/C15H17Cl2NO2/c1-9(2)14(19)11-4-3-7-18(15(11)20)10-5-6-12(16)13(17)8-10/h5-6,8-9,11H,3-4,7H2,1-2H3/t11-/m1/s1. The molecule has 0 unspecified atom stereocenters. The zero-order chi connectivity index (χ0) is 14.9. The minimum atomic E-state index is -0.529. The predicted octanol–water partition coefficient (Wildman–Crippen LogP) is 3.96. The molecule has 1 atom stereocenters. The van der Waals surface area contributed by atoms with E-state index in [9.17, 15) is 9.59 Å². The topological polar surface area (TPSA) is 37.4 Å². The number of hydrogen-bond acceptors (Lipinski definition) is 2. The van der Waals surface area contributed by atoms with Crippen LogP contribution in [0, 0.1) is 11.8 Å². The summed E-state index contributed by atoms with van der Waals surface area (Å²) in [7, 11) is 0. The van der Waals surface area contributed by atoms with Crippen molar-refractivity contribution in [2.75, 3.05) is 11.4 Å². The van der Waals surface area contributed by atoms with Crippen LogP contribution < -0.4 is 4.90 Å². The first-order valence-electron chi connectivity index (χ1n) is 6.72. The normalized spacial score (nSPS) is 19.6. The number of amides is 1. The first kappa shape index (κ1) is 15.3. The van der Waals surface area contributed by atoms with Crippen molar-refractivity contribution in [1.82, 2.24) is 0 Å². The number of nitrogens with zero attached hydrogens (tertiary/aromatic N) is 1. The average molecular weight is 314 g/mol. The number of carbonyl (C=O) groups excluding carboxylic acids is 2. The van der Waals surface area contributed by atoms with Crippen LogP contribution in [-0.4, -0.2) is 18.2 Å². The van der Waals surface area contributed by atoms with E-state index in [1.165, 1.54) is 0 Å². The zero-order valence-corrected chi connectivity index (χ0v) is 13.0. The van der Waals surface area contributed by atoms with E-state index < -0.39 is 5.92 Å². The highest BCUT2D eigenvalue weighted by molar-refractivity contribution is 6.42. The van der Waals surface area contributed by atoms with Crippen molar-refractivity contribution >= 4 is 40.6 Å². The lowest BCUT2D eigenvalue weighted by Crippen LogP contribution is -2.45. The summed E-state index contributed by atoms with van der Waals surface area (Å²) in [5.41, 5.74) is 0.700. The van der Waals surface area contributed by atoms with Crippen molar-refractivity contribution in [2.45, 2.75) is 26.7 Å². The van der Waals surface area contributed by atoms with Gasteiger partial charge in [-0.3, -0.25) is 9.59 Å². The van der Waals surface area contributed by atoms with E-state index in [1.54, 1.807) is 23.1 Å². The Hall–Kier alpha value is -1.06. The maximum atomic E-state index is 12.5. The summed E-state index contributed by atoms with van der Waals surface area (Å²) in [6.07, 6.45) is 1.45. The Kier molecular flexibility index (Phi) is 4.71.